The van der Waals surface area contributed by atoms with Gasteiger partial charge in [0.15, 0.2) is 0 Å². The Bertz CT molecular complexity index is 946. The predicted octanol–water partition coefficient (Wildman–Crippen LogP) is 2.76. The molecule has 0 fully saturated rings. The van der Waals surface area contributed by atoms with E-state index in [1.165, 1.54) is 6.07 Å². The van der Waals surface area contributed by atoms with E-state index in [9.17, 15) is 9.18 Å². The third-order valence-electron chi connectivity index (χ3n) is 4.46. The first-order chi connectivity index (χ1) is 11.5. The average molecular weight is 326 g/mol. The van der Waals surface area contributed by atoms with Gasteiger partial charge in [-0.25, -0.2) is 9.18 Å². The van der Waals surface area contributed by atoms with Crippen LogP contribution in [0.5, 0.6) is 0 Å². The second kappa shape index (κ2) is 6.57. The van der Waals surface area contributed by atoms with E-state index in [4.69, 9.17) is 4.42 Å². The minimum absolute atomic E-state index is 0.194. The molecular weight excluding hydrogens is 305 g/mol. The summed E-state index contributed by atoms with van der Waals surface area (Å²) in [5, 5.41) is 0.950. The van der Waals surface area contributed by atoms with Gasteiger partial charge in [0.1, 0.15) is 24.5 Å². The first kappa shape index (κ1) is 16.4. The van der Waals surface area contributed by atoms with Crippen LogP contribution in [0.3, 0.4) is 0 Å². The Balaban J connectivity index is 1.94. The van der Waals surface area contributed by atoms with Crippen LogP contribution in [0.2, 0.25) is 0 Å². The van der Waals surface area contributed by atoms with E-state index >= 15 is 0 Å². The molecule has 0 aliphatic carbocycles. The molecular formula is C20H21FNO2+. The van der Waals surface area contributed by atoms with Crippen molar-refractivity contribution in [1.82, 2.24) is 0 Å². The van der Waals surface area contributed by atoms with Crippen LogP contribution in [0, 0.1) is 19.7 Å². The summed E-state index contributed by atoms with van der Waals surface area (Å²) in [4.78, 5) is 13.0. The van der Waals surface area contributed by atoms with Gasteiger partial charge < -0.3 is 9.32 Å². The SMILES string of the molecule is Cc1ccc2c(C[NH+](C)Cc3ccccc3F)cc(=O)oc2c1C. The van der Waals surface area contributed by atoms with Crippen LogP contribution < -0.4 is 10.5 Å². The molecule has 0 amide bonds. The van der Waals surface area contributed by atoms with Crippen molar-refractivity contribution in [3.63, 3.8) is 0 Å². The lowest BCUT2D eigenvalue weighted by Crippen LogP contribution is -3.06. The molecule has 1 atom stereocenters. The monoisotopic (exact) mass is 326 g/mol. The summed E-state index contributed by atoms with van der Waals surface area (Å²) in [5.41, 5.74) is 3.99. The molecule has 0 bridgehead atoms. The summed E-state index contributed by atoms with van der Waals surface area (Å²) in [6.45, 7) is 5.13. The number of fused-ring (bicyclic) bond motifs is 1. The molecule has 3 rings (SSSR count). The molecule has 124 valence electrons. The van der Waals surface area contributed by atoms with E-state index < -0.39 is 0 Å². The number of halogens is 1. The van der Waals surface area contributed by atoms with Crippen LogP contribution in [0.15, 0.2) is 51.7 Å². The number of hydrogen-bond donors (Lipinski definition) is 1. The molecule has 0 saturated heterocycles. The number of quaternary nitrogens is 1. The van der Waals surface area contributed by atoms with Gasteiger partial charge in [-0.2, -0.15) is 0 Å². The van der Waals surface area contributed by atoms with Crippen molar-refractivity contribution < 1.29 is 13.7 Å². The first-order valence-electron chi connectivity index (χ1n) is 8.03. The van der Waals surface area contributed by atoms with Gasteiger partial charge in [-0.15, -0.1) is 0 Å². The van der Waals surface area contributed by atoms with Gasteiger partial charge in [0.25, 0.3) is 0 Å². The van der Waals surface area contributed by atoms with E-state index in [1.54, 1.807) is 18.2 Å². The topological polar surface area (TPSA) is 34.7 Å². The van der Waals surface area contributed by atoms with Gasteiger partial charge in [0.2, 0.25) is 0 Å². The maximum absolute atomic E-state index is 13.8. The van der Waals surface area contributed by atoms with Gasteiger partial charge in [-0.1, -0.05) is 30.3 Å². The zero-order chi connectivity index (χ0) is 17.3. The van der Waals surface area contributed by atoms with Crippen molar-refractivity contribution in [2.24, 2.45) is 0 Å². The van der Waals surface area contributed by atoms with E-state index in [0.29, 0.717) is 24.2 Å². The summed E-state index contributed by atoms with van der Waals surface area (Å²) in [7, 11) is 1.99. The highest BCUT2D eigenvalue weighted by atomic mass is 19.1. The number of hydrogen-bond acceptors (Lipinski definition) is 2. The second-order valence-electron chi connectivity index (χ2n) is 6.38. The summed E-state index contributed by atoms with van der Waals surface area (Å²) in [6.07, 6.45) is 0. The standard InChI is InChI=1S/C20H20FNO2/c1-13-8-9-17-16(10-19(23)24-20(17)14(13)2)12-22(3)11-15-6-4-5-7-18(15)21/h4-10H,11-12H2,1-3H3/p+1. The average Bonchev–Trinajstić information content (AvgIpc) is 2.53. The minimum atomic E-state index is -0.343. The van der Waals surface area contributed by atoms with Crippen molar-refractivity contribution in [3.05, 3.63) is 81.0 Å². The molecule has 1 heterocycles. The summed E-state index contributed by atoms with van der Waals surface area (Å²) in [5.74, 6) is -0.194. The Kier molecular flexibility index (Phi) is 4.49. The highest BCUT2D eigenvalue weighted by Gasteiger charge is 2.14. The van der Waals surface area contributed by atoms with E-state index in [-0.39, 0.29) is 11.4 Å². The highest BCUT2D eigenvalue weighted by Crippen LogP contribution is 2.22. The van der Waals surface area contributed by atoms with E-state index in [0.717, 1.165) is 27.0 Å². The Morgan fingerprint density at radius 3 is 2.50 bits per heavy atom. The molecule has 1 unspecified atom stereocenters. The number of aryl methyl sites for hydroxylation is 2. The molecule has 4 heteroatoms. The summed E-state index contributed by atoms with van der Waals surface area (Å²) < 4.78 is 19.2. The lowest BCUT2D eigenvalue weighted by atomic mass is 10.0. The zero-order valence-electron chi connectivity index (χ0n) is 14.2. The lowest BCUT2D eigenvalue weighted by Gasteiger charge is -2.16. The third-order valence-corrected chi connectivity index (χ3v) is 4.46. The van der Waals surface area contributed by atoms with Crippen molar-refractivity contribution in [2.45, 2.75) is 26.9 Å². The fourth-order valence-electron chi connectivity index (χ4n) is 3.03. The Hall–Kier alpha value is -2.46. The molecule has 1 N–H and O–H groups in total. The molecule has 0 radical (unpaired) electrons. The maximum Gasteiger partial charge on any atom is 0.336 e. The molecule has 1 aromatic heterocycles. The van der Waals surface area contributed by atoms with E-state index in [2.05, 4.69) is 0 Å². The van der Waals surface area contributed by atoms with Crippen LogP contribution in [-0.2, 0) is 13.1 Å². The fraction of sp³-hybridized carbons (Fsp3) is 0.250. The summed E-state index contributed by atoms with van der Waals surface area (Å²) in [6, 6.07) is 12.4. The van der Waals surface area contributed by atoms with Crippen molar-refractivity contribution in [1.29, 1.82) is 0 Å². The molecule has 0 spiro atoms. The van der Waals surface area contributed by atoms with Crippen molar-refractivity contribution in [2.75, 3.05) is 7.05 Å². The minimum Gasteiger partial charge on any atom is -0.422 e. The third kappa shape index (κ3) is 3.24. The molecule has 3 nitrogen and oxygen atoms in total. The maximum atomic E-state index is 13.8. The van der Waals surface area contributed by atoms with Crippen LogP contribution >= 0.6 is 0 Å². The van der Waals surface area contributed by atoms with Gasteiger partial charge in [-0.05, 0) is 31.0 Å². The zero-order valence-corrected chi connectivity index (χ0v) is 14.2. The van der Waals surface area contributed by atoms with Crippen molar-refractivity contribution in [3.8, 4) is 0 Å². The number of benzene rings is 2. The van der Waals surface area contributed by atoms with Crippen LogP contribution in [-0.4, -0.2) is 7.05 Å². The first-order valence-corrected chi connectivity index (χ1v) is 8.03. The smallest absolute Gasteiger partial charge is 0.336 e. The highest BCUT2D eigenvalue weighted by molar-refractivity contribution is 5.83. The number of rotatable bonds is 4. The molecule has 2 aromatic carbocycles. The van der Waals surface area contributed by atoms with Gasteiger partial charge in [-0.3, -0.25) is 0 Å². The van der Waals surface area contributed by atoms with E-state index in [1.807, 2.05) is 39.1 Å². The van der Waals surface area contributed by atoms with Crippen LogP contribution in [0.1, 0.15) is 22.3 Å². The van der Waals surface area contributed by atoms with Crippen molar-refractivity contribution >= 4 is 11.0 Å². The second-order valence-corrected chi connectivity index (χ2v) is 6.38. The van der Waals surface area contributed by atoms with Gasteiger partial charge in [0, 0.05) is 22.6 Å². The predicted molar refractivity (Wildman–Crippen MR) is 92.7 cm³/mol. The molecule has 0 aliphatic heterocycles. The normalized spacial score (nSPS) is 12.5. The largest absolute Gasteiger partial charge is 0.422 e. The van der Waals surface area contributed by atoms with Crippen LogP contribution in [0.25, 0.3) is 11.0 Å². The molecule has 24 heavy (non-hydrogen) atoms. The Morgan fingerprint density at radius 2 is 1.75 bits per heavy atom. The van der Waals surface area contributed by atoms with Crippen LogP contribution in [0.4, 0.5) is 4.39 Å². The van der Waals surface area contributed by atoms with Gasteiger partial charge in [0.05, 0.1) is 7.05 Å². The fourth-order valence-corrected chi connectivity index (χ4v) is 3.03. The molecule has 0 aliphatic rings. The molecule has 3 aromatic rings. The quantitative estimate of drug-likeness (QED) is 0.748. The lowest BCUT2D eigenvalue weighted by molar-refractivity contribution is -0.907. The Labute approximate surface area is 140 Å². The van der Waals surface area contributed by atoms with Gasteiger partial charge >= 0.3 is 5.63 Å². The summed E-state index contributed by atoms with van der Waals surface area (Å²) >= 11 is 0. The number of nitrogens with one attached hydrogen (secondary N) is 1. The Morgan fingerprint density at radius 1 is 1.04 bits per heavy atom. The molecule has 0 saturated carbocycles.